The van der Waals surface area contributed by atoms with Crippen LogP contribution in [-0.2, 0) is 0 Å². The molecule has 0 bridgehead atoms. The lowest BCUT2D eigenvalue weighted by atomic mass is 9.89. The van der Waals surface area contributed by atoms with Crippen molar-refractivity contribution in [1.82, 2.24) is 4.90 Å². The molecule has 0 saturated carbocycles. The molecule has 1 saturated heterocycles. The molecular formula is C15H22ClFN2. The lowest BCUT2D eigenvalue weighted by Gasteiger charge is -2.34. The van der Waals surface area contributed by atoms with E-state index in [1.165, 1.54) is 6.07 Å². The highest BCUT2D eigenvalue weighted by molar-refractivity contribution is 6.30. The predicted molar refractivity (Wildman–Crippen MR) is 77.8 cm³/mol. The van der Waals surface area contributed by atoms with Gasteiger partial charge in [-0.05, 0) is 56.6 Å². The van der Waals surface area contributed by atoms with Crippen LogP contribution < -0.4 is 5.73 Å². The Balaban J connectivity index is 2.41. The van der Waals surface area contributed by atoms with E-state index in [0.717, 1.165) is 32.4 Å². The zero-order chi connectivity index (χ0) is 13.8. The average molecular weight is 285 g/mol. The van der Waals surface area contributed by atoms with E-state index in [1.807, 2.05) is 0 Å². The molecule has 1 aliphatic rings. The summed E-state index contributed by atoms with van der Waals surface area (Å²) < 4.78 is 14.2. The lowest BCUT2D eigenvalue weighted by Crippen LogP contribution is -2.36. The van der Waals surface area contributed by atoms with Crippen LogP contribution in [-0.4, -0.2) is 24.5 Å². The highest BCUT2D eigenvalue weighted by Gasteiger charge is 2.31. The molecule has 1 fully saturated rings. The zero-order valence-corrected chi connectivity index (χ0v) is 12.2. The zero-order valence-electron chi connectivity index (χ0n) is 11.4. The van der Waals surface area contributed by atoms with Gasteiger partial charge in [-0.25, -0.2) is 4.39 Å². The number of rotatable bonds is 3. The third kappa shape index (κ3) is 3.28. The summed E-state index contributed by atoms with van der Waals surface area (Å²) in [6.07, 6.45) is 3.38. The van der Waals surface area contributed by atoms with Crippen molar-refractivity contribution in [3.63, 3.8) is 0 Å². The molecule has 1 aromatic carbocycles. The standard InChI is InChI=1S/C15H22ClFN2/c1-2-19-8-4-3-5-11(10-18)15(19)13-9-12(16)6-7-14(13)17/h6-7,9,11,15H,2-5,8,10,18H2,1H3. The number of halogens is 2. The van der Waals surface area contributed by atoms with E-state index in [1.54, 1.807) is 12.1 Å². The van der Waals surface area contributed by atoms with Crippen LogP contribution in [0, 0.1) is 11.7 Å². The maximum atomic E-state index is 14.2. The summed E-state index contributed by atoms with van der Waals surface area (Å²) in [4.78, 5) is 2.33. The molecule has 106 valence electrons. The maximum Gasteiger partial charge on any atom is 0.128 e. The molecule has 1 aliphatic heterocycles. The van der Waals surface area contributed by atoms with Crippen molar-refractivity contribution >= 4 is 11.6 Å². The van der Waals surface area contributed by atoms with Gasteiger partial charge in [0, 0.05) is 16.6 Å². The molecule has 2 nitrogen and oxygen atoms in total. The first-order chi connectivity index (χ1) is 9.17. The van der Waals surface area contributed by atoms with Crippen molar-refractivity contribution in [2.45, 2.75) is 32.2 Å². The van der Waals surface area contributed by atoms with E-state index in [-0.39, 0.29) is 11.9 Å². The largest absolute Gasteiger partial charge is 0.330 e. The fraction of sp³-hybridized carbons (Fsp3) is 0.600. The number of likely N-dealkylation sites (tertiary alicyclic amines) is 1. The number of nitrogens with zero attached hydrogens (tertiary/aromatic N) is 1. The minimum absolute atomic E-state index is 0.0520. The van der Waals surface area contributed by atoms with Gasteiger partial charge in [0.2, 0.25) is 0 Å². The van der Waals surface area contributed by atoms with Crippen molar-refractivity contribution in [2.75, 3.05) is 19.6 Å². The van der Waals surface area contributed by atoms with Crippen LogP contribution in [0.3, 0.4) is 0 Å². The maximum absolute atomic E-state index is 14.2. The first-order valence-corrected chi connectivity index (χ1v) is 7.44. The Bertz CT molecular complexity index is 411. The summed E-state index contributed by atoms with van der Waals surface area (Å²) in [5.41, 5.74) is 6.62. The molecule has 1 heterocycles. The van der Waals surface area contributed by atoms with Gasteiger partial charge in [-0.15, -0.1) is 0 Å². The fourth-order valence-corrected chi connectivity index (χ4v) is 3.29. The Labute approximate surface area is 119 Å². The molecule has 2 N–H and O–H groups in total. The molecule has 0 spiro atoms. The number of benzene rings is 1. The van der Waals surface area contributed by atoms with E-state index in [9.17, 15) is 4.39 Å². The van der Waals surface area contributed by atoms with Gasteiger partial charge in [-0.2, -0.15) is 0 Å². The number of hydrogen-bond acceptors (Lipinski definition) is 2. The first-order valence-electron chi connectivity index (χ1n) is 7.06. The third-order valence-corrected chi connectivity index (χ3v) is 4.33. The van der Waals surface area contributed by atoms with Crippen LogP contribution in [0.4, 0.5) is 4.39 Å². The van der Waals surface area contributed by atoms with Crippen LogP contribution in [0.2, 0.25) is 5.02 Å². The molecule has 19 heavy (non-hydrogen) atoms. The summed E-state index contributed by atoms with van der Waals surface area (Å²) >= 11 is 6.04. The van der Waals surface area contributed by atoms with E-state index < -0.39 is 0 Å². The normalized spacial score (nSPS) is 25.3. The van der Waals surface area contributed by atoms with E-state index in [4.69, 9.17) is 17.3 Å². The summed E-state index contributed by atoms with van der Waals surface area (Å²) in [5.74, 6) is 0.128. The van der Waals surface area contributed by atoms with Crippen molar-refractivity contribution in [3.8, 4) is 0 Å². The number of hydrogen-bond donors (Lipinski definition) is 1. The van der Waals surface area contributed by atoms with Crippen LogP contribution in [0.25, 0.3) is 0 Å². The predicted octanol–water partition coefficient (Wildman–Crippen LogP) is 3.60. The summed E-state index contributed by atoms with van der Waals surface area (Å²) in [6, 6.07) is 4.88. The molecular weight excluding hydrogens is 263 g/mol. The van der Waals surface area contributed by atoms with Gasteiger partial charge in [-0.1, -0.05) is 24.9 Å². The van der Waals surface area contributed by atoms with Crippen molar-refractivity contribution in [1.29, 1.82) is 0 Å². The van der Waals surface area contributed by atoms with Gasteiger partial charge in [-0.3, -0.25) is 4.90 Å². The van der Waals surface area contributed by atoms with Crippen molar-refractivity contribution < 1.29 is 4.39 Å². The Hall–Kier alpha value is -0.640. The van der Waals surface area contributed by atoms with Crippen molar-refractivity contribution in [3.05, 3.63) is 34.6 Å². The van der Waals surface area contributed by atoms with Crippen molar-refractivity contribution in [2.24, 2.45) is 11.7 Å². The minimum atomic E-state index is -0.173. The molecule has 4 heteroatoms. The van der Waals surface area contributed by atoms with Crippen LogP contribution in [0.5, 0.6) is 0 Å². The van der Waals surface area contributed by atoms with Gasteiger partial charge in [0.25, 0.3) is 0 Å². The smallest absolute Gasteiger partial charge is 0.128 e. The Morgan fingerprint density at radius 2 is 2.21 bits per heavy atom. The second-order valence-corrected chi connectivity index (χ2v) is 5.67. The Kier molecular flexibility index (Phi) is 5.20. The van der Waals surface area contributed by atoms with Crippen LogP contribution in [0.15, 0.2) is 18.2 Å². The van der Waals surface area contributed by atoms with Gasteiger partial charge in [0.05, 0.1) is 0 Å². The topological polar surface area (TPSA) is 29.3 Å². The Morgan fingerprint density at radius 1 is 1.42 bits per heavy atom. The SMILES string of the molecule is CCN1CCCCC(CN)C1c1cc(Cl)ccc1F. The second-order valence-electron chi connectivity index (χ2n) is 5.23. The fourth-order valence-electron chi connectivity index (χ4n) is 3.11. The third-order valence-electron chi connectivity index (χ3n) is 4.10. The van der Waals surface area contributed by atoms with E-state index >= 15 is 0 Å². The van der Waals surface area contributed by atoms with Crippen LogP contribution in [0.1, 0.15) is 37.8 Å². The average Bonchev–Trinajstić information content (AvgIpc) is 2.63. The van der Waals surface area contributed by atoms with Gasteiger partial charge < -0.3 is 5.73 Å². The monoisotopic (exact) mass is 284 g/mol. The molecule has 1 aromatic rings. The molecule has 0 aliphatic carbocycles. The highest BCUT2D eigenvalue weighted by Crippen LogP contribution is 2.36. The second kappa shape index (κ2) is 6.69. The van der Waals surface area contributed by atoms with Crippen LogP contribution >= 0.6 is 11.6 Å². The number of nitrogens with two attached hydrogens (primary N) is 1. The summed E-state index contributed by atoms with van der Waals surface area (Å²) in [6.45, 7) is 4.62. The molecule has 0 aromatic heterocycles. The molecule has 2 unspecified atom stereocenters. The lowest BCUT2D eigenvalue weighted by molar-refractivity contribution is 0.162. The minimum Gasteiger partial charge on any atom is -0.330 e. The molecule has 2 rings (SSSR count). The van der Waals surface area contributed by atoms with Gasteiger partial charge >= 0.3 is 0 Å². The van der Waals surface area contributed by atoms with Gasteiger partial charge in [0.1, 0.15) is 5.82 Å². The van der Waals surface area contributed by atoms with E-state index in [2.05, 4.69) is 11.8 Å². The summed E-state index contributed by atoms with van der Waals surface area (Å²) in [7, 11) is 0. The first kappa shape index (κ1) is 14.8. The quantitative estimate of drug-likeness (QED) is 0.919. The molecule has 0 amide bonds. The molecule has 2 atom stereocenters. The highest BCUT2D eigenvalue weighted by atomic mass is 35.5. The Morgan fingerprint density at radius 3 is 2.89 bits per heavy atom. The van der Waals surface area contributed by atoms with E-state index in [0.29, 0.717) is 23.0 Å². The molecule has 0 radical (unpaired) electrons. The summed E-state index contributed by atoms with van der Waals surface area (Å²) in [5, 5.41) is 0.590. The van der Waals surface area contributed by atoms with Gasteiger partial charge in [0.15, 0.2) is 0 Å².